The Bertz CT molecular complexity index is 590. The highest BCUT2D eigenvalue weighted by Gasteiger charge is 2.17. The van der Waals surface area contributed by atoms with Crippen LogP contribution >= 0.6 is 11.6 Å². The van der Waals surface area contributed by atoms with E-state index in [-0.39, 0.29) is 11.7 Å². The van der Waals surface area contributed by atoms with E-state index in [1.807, 2.05) is 6.92 Å². The first-order valence-corrected chi connectivity index (χ1v) is 7.10. The largest absolute Gasteiger partial charge is 0.330 e. The predicted molar refractivity (Wildman–Crippen MR) is 82.8 cm³/mol. The summed E-state index contributed by atoms with van der Waals surface area (Å²) in [5.74, 6) is -0.189. The van der Waals surface area contributed by atoms with Crippen LogP contribution < -0.4 is 5.73 Å². The fourth-order valence-electron chi connectivity index (χ4n) is 2.49. The first-order chi connectivity index (χ1) is 9.52. The number of halogens is 2. The lowest BCUT2D eigenvalue weighted by molar-refractivity contribution is 0.589. The fourth-order valence-corrected chi connectivity index (χ4v) is 2.73. The van der Waals surface area contributed by atoms with E-state index < -0.39 is 0 Å². The number of hydrogen-bond acceptors (Lipinski definition) is 1. The van der Waals surface area contributed by atoms with Crippen molar-refractivity contribution in [2.24, 2.45) is 5.73 Å². The Hall–Kier alpha value is -1.38. The van der Waals surface area contributed by atoms with Gasteiger partial charge in [-0.25, -0.2) is 4.39 Å². The maximum atomic E-state index is 13.9. The van der Waals surface area contributed by atoms with Crippen LogP contribution in [0.4, 0.5) is 4.39 Å². The van der Waals surface area contributed by atoms with Crippen LogP contribution in [0.3, 0.4) is 0 Å². The minimum Gasteiger partial charge on any atom is -0.330 e. The Morgan fingerprint density at radius 2 is 1.95 bits per heavy atom. The molecule has 2 aromatic rings. The first-order valence-electron chi connectivity index (χ1n) is 6.73. The van der Waals surface area contributed by atoms with Crippen LogP contribution in [0.2, 0.25) is 5.02 Å². The van der Waals surface area contributed by atoms with Gasteiger partial charge in [0.15, 0.2) is 0 Å². The van der Waals surface area contributed by atoms with E-state index in [4.69, 9.17) is 17.3 Å². The highest BCUT2D eigenvalue weighted by molar-refractivity contribution is 6.31. The molecule has 2 rings (SSSR count). The van der Waals surface area contributed by atoms with Crippen LogP contribution in [0, 0.1) is 19.7 Å². The SMILES string of the molecule is Cc1ccc(C)c(C(CN)Cc2c(F)cccc2Cl)c1. The van der Waals surface area contributed by atoms with Gasteiger partial charge in [0, 0.05) is 16.5 Å². The molecule has 106 valence electrons. The van der Waals surface area contributed by atoms with E-state index in [0.717, 1.165) is 0 Å². The van der Waals surface area contributed by atoms with Crippen LogP contribution in [0.5, 0.6) is 0 Å². The van der Waals surface area contributed by atoms with Crippen molar-refractivity contribution in [2.75, 3.05) is 6.54 Å². The lowest BCUT2D eigenvalue weighted by Crippen LogP contribution is -2.17. The summed E-state index contributed by atoms with van der Waals surface area (Å²) in [6.45, 7) is 4.57. The highest BCUT2D eigenvalue weighted by Crippen LogP contribution is 2.28. The lowest BCUT2D eigenvalue weighted by atomic mass is 9.88. The van der Waals surface area contributed by atoms with Crippen molar-refractivity contribution in [3.63, 3.8) is 0 Å². The van der Waals surface area contributed by atoms with Gasteiger partial charge in [0.25, 0.3) is 0 Å². The molecule has 0 aromatic heterocycles. The third-order valence-electron chi connectivity index (χ3n) is 3.67. The van der Waals surface area contributed by atoms with Crippen LogP contribution in [0.25, 0.3) is 0 Å². The van der Waals surface area contributed by atoms with E-state index in [2.05, 4.69) is 25.1 Å². The van der Waals surface area contributed by atoms with Crippen molar-refractivity contribution in [2.45, 2.75) is 26.2 Å². The number of hydrogen-bond donors (Lipinski definition) is 1. The molecule has 0 saturated carbocycles. The van der Waals surface area contributed by atoms with Crippen molar-refractivity contribution >= 4 is 11.6 Å². The summed E-state index contributed by atoms with van der Waals surface area (Å²) >= 11 is 6.11. The van der Waals surface area contributed by atoms with E-state index in [9.17, 15) is 4.39 Å². The molecule has 1 atom stereocenters. The molecular weight excluding hydrogens is 273 g/mol. The predicted octanol–water partition coefficient (Wildman–Crippen LogP) is 4.38. The zero-order valence-electron chi connectivity index (χ0n) is 11.8. The molecule has 0 aliphatic heterocycles. The molecule has 3 heteroatoms. The molecule has 0 amide bonds. The van der Waals surface area contributed by atoms with Gasteiger partial charge >= 0.3 is 0 Å². The average molecular weight is 292 g/mol. The van der Waals surface area contributed by atoms with Crippen molar-refractivity contribution in [1.82, 2.24) is 0 Å². The third kappa shape index (κ3) is 3.20. The molecular formula is C17H19ClFN. The summed E-state index contributed by atoms with van der Waals surface area (Å²) in [7, 11) is 0. The van der Waals surface area contributed by atoms with Crippen LogP contribution in [0.1, 0.15) is 28.2 Å². The molecule has 0 heterocycles. The zero-order valence-corrected chi connectivity index (χ0v) is 12.5. The van der Waals surface area contributed by atoms with Gasteiger partial charge in [0.2, 0.25) is 0 Å². The molecule has 0 saturated heterocycles. The third-order valence-corrected chi connectivity index (χ3v) is 4.03. The Balaban J connectivity index is 2.36. The number of rotatable bonds is 4. The molecule has 1 nitrogen and oxygen atoms in total. The second-order valence-corrected chi connectivity index (χ2v) is 5.60. The van der Waals surface area contributed by atoms with Gasteiger partial charge in [-0.3, -0.25) is 0 Å². The smallest absolute Gasteiger partial charge is 0.127 e. The number of benzene rings is 2. The van der Waals surface area contributed by atoms with E-state index in [1.165, 1.54) is 22.8 Å². The monoisotopic (exact) mass is 291 g/mol. The second kappa shape index (κ2) is 6.38. The van der Waals surface area contributed by atoms with Crippen LogP contribution in [-0.2, 0) is 6.42 Å². The highest BCUT2D eigenvalue weighted by atomic mass is 35.5. The Morgan fingerprint density at radius 3 is 2.60 bits per heavy atom. The number of nitrogens with two attached hydrogens (primary N) is 1. The van der Waals surface area contributed by atoms with Crippen molar-refractivity contribution in [3.8, 4) is 0 Å². The lowest BCUT2D eigenvalue weighted by Gasteiger charge is -2.19. The minimum atomic E-state index is -0.263. The van der Waals surface area contributed by atoms with Gasteiger partial charge in [-0.2, -0.15) is 0 Å². The molecule has 0 radical (unpaired) electrons. The van der Waals surface area contributed by atoms with Gasteiger partial charge in [-0.05, 0) is 50.1 Å². The summed E-state index contributed by atoms with van der Waals surface area (Å²) in [5, 5.41) is 0.466. The standard InChI is InChI=1S/C17H19ClFN/c1-11-6-7-12(2)14(8-11)13(10-20)9-15-16(18)4-3-5-17(15)19/h3-8,13H,9-10,20H2,1-2H3. The second-order valence-electron chi connectivity index (χ2n) is 5.20. The normalized spacial score (nSPS) is 12.4. The van der Waals surface area contributed by atoms with Crippen LogP contribution in [0.15, 0.2) is 36.4 Å². The molecule has 0 aliphatic rings. The van der Waals surface area contributed by atoms with Gasteiger partial charge in [-0.15, -0.1) is 0 Å². The Morgan fingerprint density at radius 1 is 1.20 bits per heavy atom. The topological polar surface area (TPSA) is 26.0 Å². The number of aryl methyl sites for hydroxylation is 2. The molecule has 2 aromatic carbocycles. The summed E-state index contributed by atoms with van der Waals surface area (Å²) in [6, 6.07) is 11.1. The average Bonchev–Trinajstić information content (AvgIpc) is 2.42. The van der Waals surface area contributed by atoms with Crippen molar-refractivity contribution in [1.29, 1.82) is 0 Å². The van der Waals surface area contributed by atoms with E-state index in [0.29, 0.717) is 23.6 Å². The minimum absolute atomic E-state index is 0.0734. The van der Waals surface area contributed by atoms with Gasteiger partial charge in [-0.1, -0.05) is 41.4 Å². The molecule has 20 heavy (non-hydrogen) atoms. The molecule has 2 N–H and O–H groups in total. The molecule has 0 aliphatic carbocycles. The molecule has 1 unspecified atom stereocenters. The zero-order chi connectivity index (χ0) is 14.7. The van der Waals surface area contributed by atoms with Crippen molar-refractivity contribution < 1.29 is 4.39 Å². The fraction of sp³-hybridized carbons (Fsp3) is 0.294. The summed E-state index contributed by atoms with van der Waals surface area (Å²) in [4.78, 5) is 0. The van der Waals surface area contributed by atoms with Gasteiger partial charge in [0.05, 0.1) is 0 Å². The van der Waals surface area contributed by atoms with Gasteiger partial charge < -0.3 is 5.73 Å². The first kappa shape index (κ1) is 15.0. The molecule has 0 fully saturated rings. The van der Waals surface area contributed by atoms with E-state index in [1.54, 1.807) is 12.1 Å². The van der Waals surface area contributed by atoms with Crippen molar-refractivity contribution in [3.05, 3.63) is 69.5 Å². The quantitative estimate of drug-likeness (QED) is 0.889. The summed E-state index contributed by atoms with van der Waals surface area (Å²) < 4.78 is 13.9. The summed E-state index contributed by atoms with van der Waals surface area (Å²) in [6.07, 6.45) is 0.520. The van der Waals surface area contributed by atoms with Gasteiger partial charge in [0.1, 0.15) is 5.82 Å². The molecule has 0 bridgehead atoms. The molecule has 0 spiro atoms. The Kier molecular flexibility index (Phi) is 4.79. The maximum Gasteiger partial charge on any atom is 0.127 e. The summed E-state index contributed by atoms with van der Waals surface area (Å²) in [5.41, 5.74) is 9.99. The Labute approximate surface area is 124 Å². The van der Waals surface area contributed by atoms with E-state index >= 15 is 0 Å². The van der Waals surface area contributed by atoms with Crippen LogP contribution in [-0.4, -0.2) is 6.54 Å². The maximum absolute atomic E-state index is 13.9.